The summed E-state index contributed by atoms with van der Waals surface area (Å²) in [6, 6.07) is 8.06. The van der Waals surface area contributed by atoms with Crippen molar-refractivity contribution >= 4 is 17.4 Å². The van der Waals surface area contributed by atoms with E-state index in [1.807, 2.05) is 50.5 Å². The Bertz CT molecular complexity index is 759. The molecule has 2 aromatic heterocycles. The van der Waals surface area contributed by atoms with E-state index in [0.717, 1.165) is 75.4 Å². The van der Waals surface area contributed by atoms with Crippen LogP contribution in [0.25, 0.3) is 0 Å². The predicted octanol–water partition coefficient (Wildman–Crippen LogP) is 2.63. The summed E-state index contributed by atoms with van der Waals surface area (Å²) < 4.78 is 10.8. The highest BCUT2D eigenvalue weighted by molar-refractivity contribution is 5.91. The van der Waals surface area contributed by atoms with Gasteiger partial charge < -0.3 is 19.3 Å². The highest BCUT2D eigenvalue weighted by Crippen LogP contribution is 2.27. The summed E-state index contributed by atoms with van der Waals surface area (Å²) in [7, 11) is 0. The van der Waals surface area contributed by atoms with Crippen LogP contribution in [0.1, 0.15) is 36.8 Å². The first-order valence-corrected chi connectivity index (χ1v) is 10.7. The number of pyridine rings is 2. The zero-order chi connectivity index (χ0) is 20.9. The van der Waals surface area contributed by atoms with Gasteiger partial charge >= 0.3 is 0 Å². The van der Waals surface area contributed by atoms with Crippen LogP contribution in [0.15, 0.2) is 36.7 Å². The molecule has 2 aliphatic heterocycles. The minimum Gasteiger partial charge on any atom is -0.378 e. The third-order valence-corrected chi connectivity index (χ3v) is 6.07. The number of ether oxygens (including phenoxy) is 2. The molecular weight excluding hydrogens is 380 g/mol. The number of carbonyl (C=O) groups excluding carboxylic acids is 1. The largest absolute Gasteiger partial charge is 0.378 e. The number of rotatable bonds is 6. The summed E-state index contributed by atoms with van der Waals surface area (Å²) in [5.74, 6) is 1.63. The van der Waals surface area contributed by atoms with Crippen molar-refractivity contribution < 1.29 is 14.3 Å². The molecule has 0 amide bonds. The van der Waals surface area contributed by atoms with Gasteiger partial charge in [0.1, 0.15) is 17.4 Å². The van der Waals surface area contributed by atoms with Crippen LogP contribution in [0.2, 0.25) is 0 Å². The lowest BCUT2D eigenvalue weighted by molar-refractivity contribution is -0.121. The average Bonchev–Trinajstić information content (AvgIpc) is 2.84. The predicted molar refractivity (Wildman–Crippen MR) is 116 cm³/mol. The maximum Gasteiger partial charge on any atom is 0.147 e. The molecule has 7 nitrogen and oxygen atoms in total. The second kappa shape index (κ2) is 9.53. The number of Topliss-reactive ketones (excluding diaryl/α,β-unsaturated/α-hetero) is 1. The van der Waals surface area contributed by atoms with E-state index < -0.39 is 0 Å². The molecule has 0 N–H and O–H groups in total. The normalized spacial score (nSPS) is 19.4. The molecule has 2 unspecified atom stereocenters. The summed E-state index contributed by atoms with van der Waals surface area (Å²) in [5, 5.41) is 0. The maximum absolute atomic E-state index is 13.1. The van der Waals surface area contributed by atoms with E-state index in [1.54, 1.807) is 0 Å². The maximum atomic E-state index is 13.1. The number of hydrogen-bond donors (Lipinski definition) is 0. The molecule has 2 atom stereocenters. The van der Waals surface area contributed by atoms with Crippen LogP contribution in [0.5, 0.6) is 0 Å². The third-order valence-electron chi connectivity index (χ3n) is 6.07. The fourth-order valence-electron chi connectivity index (χ4n) is 3.97. The zero-order valence-corrected chi connectivity index (χ0v) is 17.8. The summed E-state index contributed by atoms with van der Waals surface area (Å²) in [6.45, 7) is 10.2. The second-order valence-corrected chi connectivity index (χ2v) is 7.94. The van der Waals surface area contributed by atoms with Gasteiger partial charge in [-0.3, -0.25) is 4.79 Å². The highest BCUT2D eigenvalue weighted by Gasteiger charge is 2.24. The molecule has 0 saturated carbocycles. The fraction of sp³-hybridized carbons (Fsp3) is 0.522. The Hall–Kier alpha value is -2.51. The average molecular weight is 411 g/mol. The smallest absolute Gasteiger partial charge is 0.147 e. The first-order chi connectivity index (χ1) is 14.6. The van der Waals surface area contributed by atoms with Crippen molar-refractivity contribution in [2.75, 3.05) is 62.4 Å². The van der Waals surface area contributed by atoms with E-state index >= 15 is 0 Å². The summed E-state index contributed by atoms with van der Waals surface area (Å²) >= 11 is 0. The van der Waals surface area contributed by atoms with Gasteiger partial charge in [-0.05, 0) is 23.3 Å². The van der Waals surface area contributed by atoms with Crippen molar-refractivity contribution in [2.45, 2.75) is 25.7 Å². The van der Waals surface area contributed by atoms with Gasteiger partial charge in [0, 0.05) is 50.4 Å². The fourth-order valence-corrected chi connectivity index (χ4v) is 3.97. The van der Waals surface area contributed by atoms with Crippen LogP contribution in [0, 0.1) is 0 Å². The Morgan fingerprint density at radius 2 is 1.17 bits per heavy atom. The molecule has 0 radical (unpaired) electrons. The van der Waals surface area contributed by atoms with E-state index in [2.05, 4.69) is 19.8 Å². The number of morpholine rings is 2. The van der Waals surface area contributed by atoms with E-state index in [9.17, 15) is 4.79 Å². The van der Waals surface area contributed by atoms with Crippen LogP contribution in [0.3, 0.4) is 0 Å². The van der Waals surface area contributed by atoms with E-state index in [-0.39, 0.29) is 17.6 Å². The van der Waals surface area contributed by atoms with Crippen LogP contribution in [-0.2, 0) is 14.3 Å². The summed E-state index contributed by atoms with van der Waals surface area (Å²) in [4.78, 5) is 26.7. The quantitative estimate of drug-likeness (QED) is 0.725. The first kappa shape index (κ1) is 20.8. The lowest BCUT2D eigenvalue weighted by Gasteiger charge is -2.28. The molecule has 160 valence electrons. The Labute approximate surface area is 178 Å². The van der Waals surface area contributed by atoms with Crippen molar-refractivity contribution in [3.63, 3.8) is 0 Å². The number of hydrogen-bond acceptors (Lipinski definition) is 7. The van der Waals surface area contributed by atoms with E-state index in [4.69, 9.17) is 9.47 Å². The van der Waals surface area contributed by atoms with Gasteiger partial charge in [0.05, 0.1) is 26.4 Å². The monoisotopic (exact) mass is 410 g/mol. The van der Waals surface area contributed by atoms with Gasteiger partial charge in [-0.15, -0.1) is 0 Å². The molecule has 2 fully saturated rings. The van der Waals surface area contributed by atoms with Crippen LogP contribution < -0.4 is 9.80 Å². The van der Waals surface area contributed by atoms with Gasteiger partial charge in [0.25, 0.3) is 0 Å². The van der Waals surface area contributed by atoms with Gasteiger partial charge in [-0.1, -0.05) is 26.0 Å². The minimum absolute atomic E-state index is 0.178. The molecule has 30 heavy (non-hydrogen) atoms. The van der Waals surface area contributed by atoms with Crippen LogP contribution >= 0.6 is 0 Å². The lowest BCUT2D eigenvalue weighted by Crippen LogP contribution is -2.36. The van der Waals surface area contributed by atoms with E-state index in [0.29, 0.717) is 0 Å². The van der Waals surface area contributed by atoms with Crippen LogP contribution in [-0.4, -0.2) is 68.4 Å². The standard InChI is InChI=1S/C23H30N4O3/c1-17(19-3-5-21(24-15-19)26-7-11-29-12-8-26)23(28)18(2)20-4-6-22(25-16-20)27-9-13-30-14-10-27/h3-6,15-18H,7-14H2,1-2H3. The second-order valence-electron chi connectivity index (χ2n) is 7.94. The molecule has 0 aliphatic carbocycles. The molecular formula is C23H30N4O3. The van der Waals surface area contributed by atoms with Crippen LogP contribution in [0.4, 0.5) is 11.6 Å². The molecule has 0 bridgehead atoms. The molecule has 2 aliphatic rings. The van der Waals surface area contributed by atoms with E-state index in [1.165, 1.54) is 0 Å². The van der Waals surface area contributed by atoms with Crippen molar-refractivity contribution in [3.05, 3.63) is 47.8 Å². The van der Waals surface area contributed by atoms with Gasteiger partial charge in [0.15, 0.2) is 0 Å². The number of anilines is 2. The SMILES string of the molecule is CC(C(=O)C(C)c1ccc(N2CCOCC2)nc1)c1ccc(N2CCOCC2)nc1. The Morgan fingerprint density at radius 1 is 0.767 bits per heavy atom. The Morgan fingerprint density at radius 3 is 1.50 bits per heavy atom. The summed E-state index contributed by atoms with van der Waals surface area (Å²) in [5.41, 5.74) is 1.89. The van der Waals surface area contributed by atoms with Crippen molar-refractivity contribution in [2.24, 2.45) is 0 Å². The Balaban J connectivity index is 1.40. The number of ketones is 1. The van der Waals surface area contributed by atoms with Gasteiger partial charge in [-0.25, -0.2) is 9.97 Å². The number of nitrogens with zero attached hydrogens (tertiary/aromatic N) is 4. The minimum atomic E-state index is -0.217. The number of aromatic nitrogens is 2. The number of carbonyl (C=O) groups is 1. The molecule has 0 aromatic carbocycles. The topological polar surface area (TPSA) is 67.8 Å². The Kier molecular flexibility index (Phi) is 6.59. The lowest BCUT2D eigenvalue weighted by atomic mass is 9.87. The molecule has 0 spiro atoms. The van der Waals surface area contributed by atoms with Gasteiger partial charge in [0.2, 0.25) is 0 Å². The molecule has 4 rings (SSSR count). The molecule has 4 heterocycles. The summed E-state index contributed by atoms with van der Waals surface area (Å²) in [6.07, 6.45) is 3.67. The molecule has 2 saturated heterocycles. The zero-order valence-electron chi connectivity index (χ0n) is 17.8. The van der Waals surface area contributed by atoms with Gasteiger partial charge in [-0.2, -0.15) is 0 Å². The molecule has 7 heteroatoms. The highest BCUT2D eigenvalue weighted by atomic mass is 16.5. The van der Waals surface area contributed by atoms with Crippen molar-refractivity contribution in [1.82, 2.24) is 9.97 Å². The first-order valence-electron chi connectivity index (χ1n) is 10.7. The third kappa shape index (κ3) is 4.63. The van der Waals surface area contributed by atoms with Crippen molar-refractivity contribution in [3.8, 4) is 0 Å². The van der Waals surface area contributed by atoms with Crippen molar-refractivity contribution in [1.29, 1.82) is 0 Å². The molecule has 2 aromatic rings.